The van der Waals surface area contributed by atoms with Gasteiger partial charge in [0.2, 0.25) is 0 Å². The first-order valence-electron chi connectivity index (χ1n) is 7.96. The minimum atomic E-state index is -0.0840. The van der Waals surface area contributed by atoms with Crippen molar-refractivity contribution in [2.45, 2.75) is 38.6 Å². The quantitative estimate of drug-likeness (QED) is 0.883. The number of aryl methyl sites for hydroxylation is 1. The van der Waals surface area contributed by atoms with Gasteiger partial charge >= 0.3 is 0 Å². The van der Waals surface area contributed by atoms with Crippen molar-refractivity contribution < 1.29 is 4.39 Å². The average Bonchev–Trinajstić information content (AvgIpc) is 2.98. The number of nitrogens with zero attached hydrogens (tertiary/aromatic N) is 1. The first-order valence-corrected chi connectivity index (χ1v) is 7.96. The second-order valence-electron chi connectivity index (χ2n) is 6.28. The molecule has 1 N–H and O–H groups in total. The highest BCUT2D eigenvalue weighted by molar-refractivity contribution is 5.85. The van der Waals surface area contributed by atoms with Crippen LogP contribution in [0.3, 0.4) is 0 Å². The van der Waals surface area contributed by atoms with Crippen molar-refractivity contribution in [1.82, 2.24) is 10.2 Å². The Morgan fingerprint density at radius 1 is 1.14 bits per heavy atom. The van der Waals surface area contributed by atoms with Crippen LogP contribution in [0.2, 0.25) is 0 Å². The van der Waals surface area contributed by atoms with E-state index in [0.717, 1.165) is 37.7 Å². The van der Waals surface area contributed by atoms with Gasteiger partial charge < -0.3 is 5.32 Å². The summed E-state index contributed by atoms with van der Waals surface area (Å²) in [4.78, 5) is 2.61. The molecule has 0 bridgehead atoms. The molecule has 126 valence electrons. The van der Waals surface area contributed by atoms with Gasteiger partial charge in [-0.25, -0.2) is 4.39 Å². The number of benzene rings is 1. The number of piperazine rings is 1. The maximum atomic E-state index is 13.6. The van der Waals surface area contributed by atoms with Gasteiger partial charge in [-0.15, -0.1) is 24.8 Å². The maximum absolute atomic E-state index is 13.6. The first kappa shape index (κ1) is 19.7. The molecule has 2 fully saturated rings. The monoisotopic (exact) mass is 348 g/mol. The standard InChI is InChI=1S/C17H25FN2.2ClH/c1-13-12-15(6-7-16(13)18)17(14-4-2-3-5-14)20-10-8-19-9-11-20;;/h6-7,12,14,17,19H,2-5,8-11H2,1H3;2*1H/t17-;;/m1../s1. The van der Waals surface area contributed by atoms with Gasteiger partial charge in [0.25, 0.3) is 0 Å². The lowest BCUT2D eigenvalue weighted by atomic mass is 9.89. The Bertz CT molecular complexity index is 458. The Labute approximate surface area is 145 Å². The van der Waals surface area contributed by atoms with Crippen LogP contribution in [-0.4, -0.2) is 31.1 Å². The highest BCUT2D eigenvalue weighted by Crippen LogP contribution is 2.39. The van der Waals surface area contributed by atoms with Gasteiger partial charge in [-0.3, -0.25) is 4.90 Å². The van der Waals surface area contributed by atoms with E-state index in [9.17, 15) is 4.39 Å². The number of hydrogen-bond acceptors (Lipinski definition) is 2. The van der Waals surface area contributed by atoms with Gasteiger partial charge in [0.15, 0.2) is 0 Å². The summed E-state index contributed by atoms with van der Waals surface area (Å²) in [5.74, 6) is 0.664. The fourth-order valence-electron chi connectivity index (χ4n) is 3.87. The Kier molecular flexibility index (Phi) is 8.12. The third-order valence-electron chi connectivity index (χ3n) is 4.91. The van der Waals surface area contributed by atoms with Crippen LogP contribution in [0.4, 0.5) is 4.39 Å². The maximum Gasteiger partial charge on any atom is 0.126 e. The van der Waals surface area contributed by atoms with Crippen molar-refractivity contribution in [3.05, 3.63) is 35.1 Å². The van der Waals surface area contributed by atoms with Crippen LogP contribution in [0.1, 0.15) is 42.9 Å². The van der Waals surface area contributed by atoms with Gasteiger partial charge in [0, 0.05) is 32.2 Å². The topological polar surface area (TPSA) is 15.3 Å². The number of rotatable bonds is 3. The molecule has 1 atom stereocenters. The van der Waals surface area contributed by atoms with E-state index in [4.69, 9.17) is 0 Å². The summed E-state index contributed by atoms with van der Waals surface area (Å²) < 4.78 is 13.6. The highest BCUT2D eigenvalue weighted by atomic mass is 35.5. The Morgan fingerprint density at radius 3 is 2.36 bits per heavy atom. The molecule has 5 heteroatoms. The molecule has 1 aromatic rings. The van der Waals surface area contributed by atoms with Crippen LogP contribution < -0.4 is 5.32 Å². The summed E-state index contributed by atoms with van der Waals surface area (Å²) in [6.45, 7) is 6.24. The van der Waals surface area contributed by atoms with E-state index < -0.39 is 0 Å². The number of nitrogens with one attached hydrogen (secondary N) is 1. The van der Waals surface area contributed by atoms with E-state index in [-0.39, 0.29) is 30.6 Å². The van der Waals surface area contributed by atoms with E-state index in [1.807, 2.05) is 13.0 Å². The molecule has 22 heavy (non-hydrogen) atoms. The molecule has 2 aliphatic rings. The molecular formula is C17H27Cl2FN2. The lowest BCUT2D eigenvalue weighted by Crippen LogP contribution is -2.46. The van der Waals surface area contributed by atoms with E-state index in [0.29, 0.717) is 6.04 Å². The normalized spacial score (nSPS) is 21.0. The van der Waals surface area contributed by atoms with Crippen LogP contribution in [0.5, 0.6) is 0 Å². The van der Waals surface area contributed by atoms with Gasteiger partial charge in [-0.1, -0.05) is 25.0 Å². The second-order valence-corrected chi connectivity index (χ2v) is 6.28. The molecule has 0 spiro atoms. The summed E-state index contributed by atoms with van der Waals surface area (Å²) in [5, 5.41) is 3.43. The molecule has 0 aromatic heterocycles. The molecule has 1 saturated heterocycles. The largest absolute Gasteiger partial charge is 0.314 e. The molecule has 1 heterocycles. The predicted molar refractivity (Wildman–Crippen MR) is 94.8 cm³/mol. The van der Waals surface area contributed by atoms with E-state index in [1.54, 1.807) is 6.07 Å². The molecular weight excluding hydrogens is 322 g/mol. The van der Waals surface area contributed by atoms with E-state index >= 15 is 0 Å². The average molecular weight is 349 g/mol. The van der Waals surface area contributed by atoms with E-state index in [2.05, 4.69) is 16.3 Å². The highest BCUT2D eigenvalue weighted by Gasteiger charge is 2.31. The summed E-state index contributed by atoms with van der Waals surface area (Å²) in [6.07, 6.45) is 5.36. The van der Waals surface area contributed by atoms with Gasteiger partial charge in [0.1, 0.15) is 5.82 Å². The van der Waals surface area contributed by atoms with Crippen molar-refractivity contribution >= 4 is 24.8 Å². The second kappa shape index (κ2) is 9.07. The lowest BCUT2D eigenvalue weighted by Gasteiger charge is -2.38. The summed E-state index contributed by atoms with van der Waals surface area (Å²) in [5.41, 5.74) is 2.10. The third-order valence-corrected chi connectivity index (χ3v) is 4.91. The van der Waals surface area contributed by atoms with Crippen molar-refractivity contribution in [3.8, 4) is 0 Å². The molecule has 1 aliphatic heterocycles. The summed E-state index contributed by atoms with van der Waals surface area (Å²) in [7, 11) is 0. The van der Waals surface area contributed by atoms with Crippen LogP contribution in [0.25, 0.3) is 0 Å². The Balaban J connectivity index is 0.00000121. The summed E-state index contributed by atoms with van der Waals surface area (Å²) in [6, 6.07) is 6.21. The molecule has 0 amide bonds. The number of hydrogen-bond donors (Lipinski definition) is 1. The zero-order valence-electron chi connectivity index (χ0n) is 13.2. The minimum absolute atomic E-state index is 0. The van der Waals surface area contributed by atoms with Crippen LogP contribution >= 0.6 is 24.8 Å². The van der Waals surface area contributed by atoms with Gasteiger partial charge in [-0.2, -0.15) is 0 Å². The molecule has 0 unspecified atom stereocenters. The Morgan fingerprint density at radius 2 is 1.77 bits per heavy atom. The van der Waals surface area contributed by atoms with Crippen molar-refractivity contribution in [2.24, 2.45) is 5.92 Å². The Hall–Kier alpha value is -0.350. The number of halogens is 3. The summed E-state index contributed by atoms with van der Waals surface area (Å²) >= 11 is 0. The molecule has 1 saturated carbocycles. The fraction of sp³-hybridized carbons (Fsp3) is 0.647. The van der Waals surface area contributed by atoms with Gasteiger partial charge in [0.05, 0.1) is 0 Å². The van der Waals surface area contributed by atoms with E-state index in [1.165, 1.54) is 31.2 Å². The zero-order valence-corrected chi connectivity index (χ0v) is 14.8. The smallest absolute Gasteiger partial charge is 0.126 e. The van der Waals surface area contributed by atoms with Crippen LogP contribution in [0, 0.1) is 18.7 Å². The molecule has 1 aliphatic carbocycles. The molecule has 1 aromatic carbocycles. The van der Waals surface area contributed by atoms with Crippen LogP contribution in [0.15, 0.2) is 18.2 Å². The van der Waals surface area contributed by atoms with Gasteiger partial charge in [-0.05, 0) is 42.9 Å². The third kappa shape index (κ3) is 4.35. The molecule has 3 rings (SSSR count). The first-order chi connectivity index (χ1) is 9.75. The zero-order chi connectivity index (χ0) is 13.9. The van der Waals surface area contributed by atoms with Crippen molar-refractivity contribution in [1.29, 1.82) is 0 Å². The molecule has 2 nitrogen and oxygen atoms in total. The minimum Gasteiger partial charge on any atom is -0.314 e. The fourth-order valence-corrected chi connectivity index (χ4v) is 3.87. The van der Waals surface area contributed by atoms with Crippen molar-refractivity contribution in [2.75, 3.05) is 26.2 Å². The lowest BCUT2D eigenvalue weighted by molar-refractivity contribution is 0.125. The predicted octanol–water partition coefficient (Wildman–Crippen LogP) is 4.11. The SMILES string of the molecule is Cc1cc([C@@H](C2CCCC2)N2CCNCC2)ccc1F.Cl.Cl. The van der Waals surface area contributed by atoms with Crippen molar-refractivity contribution in [3.63, 3.8) is 0 Å². The van der Waals surface area contributed by atoms with Crippen LogP contribution in [-0.2, 0) is 0 Å². The molecule has 0 radical (unpaired) electrons.